The van der Waals surface area contributed by atoms with Crippen molar-refractivity contribution in [2.24, 2.45) is 5.73 Å². The number of halogens is 1. The first-order chi connectivity index (χ1) is 13.9. The van der Waals surface area contributed by atoms with Crippen LogP contribution in [0.1, 0.15) is 5.69 Å². The average Bonchev–Trinajstić information content (AvgIpc) is 3.13. The van der Waals surface area contributed by atoms with Crippen LogP contribution >= 0.6 is 35.2 Å². The molecule has 3 aromatic rings. The molecular weight excluding hydrogens is 507 g/mol. The molecule has 1 unspecified atom stereocenters. The minimum Gasteiger partial charge on any atom is -0.399 e. The van der Waals surface area contributed by atoms with E-state index in [0.717, 1.165) is 17.9 Å². The Morgan fingerprint density at radius 3 is 2.52 bits per heavy atom. The third-order valence-electron chi connectivity index (χ3n) is 3.50. The molecule has 0 bridgehead atoms. The molecule has 0 aliphatic heterocycles. The number of nitrogens with two attached hydrogens (primary N) is 4. The zero-order valence-electron chi connectivity index (χ0n) is 15.2. The molecule has 0 radical (unpaired) electrons. The van der Waals surface area contributed by atoms with Crippen molar-refractivity contribution in [3.05, 3.63) is 60.7 Å². The van der Waals surface area contributed by atoms with Gasteiger partial charge in [0.15, 0.2) is 0 Å². The van der Waals surface area contributed by atoms with E-state index < -0.39 is 6.04 Å². The van der Waals surface area contributed by atoms with Gasteiger partial charge in [0.05, 0.1) is 17.4 Å². The normalized spacial score (nSPS) is 11.2. The summed E-state index contributed by atoms with van der Waals surface area (Å²) in [5.41, 5.74) is 24.2. The van der Waals surface area contributed by atoms with Gasteiger partial charge >= 0.3 is 0 Å². The lowest BCUT2D eigenvalue weighted by molar-refractivity contribution is -0.117. The van der Waals surface area contributed by atoms with Crippen molar-refractivity contribution >= 4 is 64.2 Å². The molecule has 0 saturated carbocycles. The van der Waals surface area contributed by atoms with Crippen molar-refractivity contribution in [2.45, 2.75) is 12.5 Å². The molecule has 154 valence electrons. The number of aromatic nitrogens is 3. The number of nitrogen functional groups attached to an aromatic ring is 3. The summed E-state index contributed by atoms with van der Waals surface area (Å²) in [7, 11) is 0. The van der Waals surface area contributed by atoms with Gasteiger partial charge in [-0.2, -0.15) is 0 Å². The van der Waals surface area contributed by atoms with Gasteiger partial charge in [0.25, 0.3) is 0 Å². The van der Waals surface area contributed by atoms with Crippen LogP contribution in [0.5, 0.6) is 0 Å². The van der Waals surface area contributed by atoms with E-state index in [1.54, 1.807) is 51.6 Å². The molecule has 1 aromatic carbocycles. The van der Waals surface area contributed by atoms with E-state index in [0.29, 0.717) is 17.2 Å². The van der Waals surface area contributed by atoms with Gasteiger partial charge in [0, 0.05) is 18.3 Å². The highest BCUT2D eigenvalue weighted by molar-refractivity contribution is 14.1. The summed E-state index contributed by atoms with van der Waals surface area (Å²) in [4.78, 5) is 20.1. The predicted molar refractivity (Wildman–Crippen MR) is 125 cm³/mol. The minimum absolute atomic E-state index is 0.154. The molecular formula is C17H21IN8O2S. The van der Waals surface area contributed by atoms with E-state index in [9.17, 15) is 4.79 Å². The summed E-state index contributed by atoms with van der Waals surface area (Å²) in [5, 5.41) is 2.59. The molecule has 29 heavy (non-hydrogen) atoms. The van der Waals surface area contributed by atoms with Crippen LogP contribution in [-0.2, 0) is 13.7 Å². The zero-order valence-corrected chi connectivity index (χ0v) is 18.2. The van der Waals surface area contributed by atoms with Crippen LogP contribution in [0.4, 0.5) is 23.0 Å². The second-order valence-electron chi connectivity index (χ2n) is 5.74. The van der Waals surface area contributed by atoms with Crippen LogP contribution in [0.15, 0.2) is 55.0 Å². The fraction of sp³-hybridized carbons (Fsp3) is 0.118. The monoisotopic (exact) mass is 528 g/mol. The van der Waals surface area contributed by atoms with Crippen LogP contribution in [0.3, 0.4) is 0 Å². The highest BCUT2D eigenvalue weighted by atomic mass is 127. The van der Waals surface area contributed by atoms with Gasteiger partial charge < -0.3 is 28.3 Å². The van der Waals surface area contributed by atoms with Gasteiger partial charge in [-0.3, -0.25) is 8.77 Å². The number of carbonyl (C=O) groups excluding carboxylic acids is 1. The molecule has 1 amide bonds. The van der Waals surface area contributed by atoms with E-state index in [1.807, 2.05) is 30.3 Å². The number of para-hydroxylation sites is 1. The van der Waals surface area contributed by atoms with Gasteiger partial charge in [0.1, 0.15) is 53.2 Å². The molecule has 10 nitrogen and oxygen atoms in total. The quantitative estimate of drug-likeness (QED) is 0.182. The number of nitrogens with zero attached hydrogens (tertiary/aromatic N) is 3. The largest absolute Gasteiger partial charge is 0.399 e. The van der Waals surface area contributed by atoms with Crippen LogP contribution in [0.2, 0.25) is 0 Å². The number of hydrogen-bond acceptors (Lipinski definition) is 9. The maximum absolute atomic E-state index is 12.0. The third kappa shape index (κ3) is 7.77. The topological polar surface area (TPSA) is 173 Å². The highest BCUT2D eigenvalue weighted by Gasteiger charge is 2.16. The van der Waals surface area contributed by atoms with E-state index >= 15 is 0 Å². The first-order valence-corrected chi connectivity index (χ1v) is 9.84. The van der Waals surface area contributed by atoms with Gasteiger partial charge in [-0.25, -0.2) is 12.5 Å². The summed E-state index contributed by atoms with van der Waals surface area (Å²) < 4.78 is 6.52. The first-order valence-electron chi connectivity index (χ1n) is 8.26. The Labute approximate surface area is 186 Å². The second-order valence-corrected chi connectivity index (χ2v) is 7.52. The molecule has 2 aromatic heterocycles. The number of hydrogen-bond donors (Lipinski definition) is 5. The Kier molecular flexibility index (Phi) is 8.98. The Bertz CT molecular complexity index is 925. The van der Waals surface area contributed by atoms with Crippen LogP contribution in [0.25, 0.3) is 0 Å². The number of amides is 1. The number of nitrogens with one attached hydrogen (secondary N) is 1. The van der Waals surface area contributed by atoms with Crippen LogP contribution in [-0.4, -0.2) is 25.9 Å². The smallest absolute Gasteiger partial charge is 0.242 e. The molecule has 12 heteroatoms. The van der Waals surface area contributed by atoms with E-state index in [4.69, 9.17) is 25.4 Å². The molecule has 2 heterocycles. The summed E-state index contributed by atoms with van der Waals surface area (Å²) in [5.74, 6) is 0.0662. The van der Waals surface area contributed by atoms with E-state index in [-0.39, 0.29) is 18.1 Å². The van der Waals surface area contributed by atoms with Crippen molar-refractivity contribution < 1.29 is 7.31 Å². The molecule has 0 spiro atoms. The van der Waals surface area contributed by atoms with Gasteiger partial charge in [0.2, 0.25) is 5.91 Å². The molecule has 0 fully saturated rings. The van der Waals surface area contributed by atoms with Crippen LogP contribution in [0, 0.1) is 0 Å². The molecule has 0 aliphatic rings. The Hall–Kier alpha value is -2.55. The standard InChI is InChI=1S/C11H14IN7O2S.C6H7N/c12-21-22-19-4-6(16-5-19)3-8(14)11(20)18-9-2-1-7(13)10(15)17-9;7-6-4-2-1-3-5-6/h1-2,4-5,8H,3,13-14H2,(H3,15,17,18,20);1-5H,7H2. The molecule has 9 N–H and O–H groups in total. The SMILES string of the molecule is Nc1ccc(NC(=O)C(N)Cc2cn(SOI)cn2)nc1N.Nc1ccccc1. The summed E-state index contributed by atoms with van der Waals surface area (Å²) in [6.45, 7) is 0. The Balaban J connectivity index is 0.000000360. The Morgan fingerprint density at radius 2 is 1.93 bits per heavy atom. The van der Waals surface area contributed by atoms with Crippen LogP contribution < -0.4 is 28.3 Å². The highest BCUT2D eigenvalue weighted by Crippen LogP contribution is 2.15. The number of anilines is 4. The summed E-state index contributed by atoms with van der Waals surface area (Å²) in [6, 6.07) is 11.8. The molecule has 0 aliphatic carbocycles. The zero-order chi connectivity index (χ0) is 21.2. The van der Waals surface area contributed by atoms with Crippen molar-refractivity contribution in [1.82, 2.24) is 13.9 Å². The predicted octanol–water partition coefficient (Wildman–Crippen LogP) is 2.00. The van der Waals surface area contributed by atoms with E-state index in [1.165, 1.54) is 0 Å². The lowest BCUT2D eigenvalue weighted by Crippen LogP contribution is -2.37. The minimum atomic E-state index is -0.769. The van der Waals surface area contributed by atoms with Crippen molar-refractivity contribution in [3.63, 3.8) is 0 Å². The van der Waals surface area contributed by atoms with Gasteiger partial charge in [-0.05, 0) is 24.3 Å². The third-order valence-corrected chi connectivity index (χ3v) is 4.41. The number of benzene rings is 1. The van der Waals surface area contributed by atoms with Crippen molar-refractivity contribution in [1.29, 1.82) is 0 Å². The number of imidazole rings is 1. The van der Waals surface area contributed by atoms with Crippen molar-refractivity contribution in [3.8, 4) is 0 Å². The second kappa shape index (κ2) is 11.5. The average molecular weight is 528 g/mol. The maximum atomic E-state index is 12.0. The number of pyridine rings is 1. The van der Waals surface area contributed by atoms with Gasteiger partial charge in [-0.15, -0.1) is 0 Å². The number of rotatable bonds is 6. The fourth-order valence-electron chi connectivity index (χ4n) is 2.07. The Morgan fingerprint density at radius 1 is 1.21 bits per heavy atom. The van der Waals surface area contributed by atoms with Crippen molar-refractivity contribution in [2.75, 3.05) is 22.5 Å². The molecule has 1 atom stereocenters. The first kappa shape index (κ1) is 22.7. The lowest BCUT2D eigenvalue weighted by atomic mass is 10.1. The summed E-state index contributed by atoms with van der Waals surface area (Å²) >= 11 is 2.85. The summed E-state index contributed by atoms with van der Waals surface area (Å²) in [6.07, 6.45) is 3.59. The molecule has 3 rings (SSSR count). The van der Waals surface area contributed by atoms with Gasteiger partial charge in [-0.1, -0.05) is 18.2 Å². The number of carbonyl (C=O) groups is 1. The lowest BCUT2D eigenvalue weighted by Gasteiger charge is -2.11. The fourth-order valence-corrected chi connectivity index (χ4v) is 2.94. The maximum Gasteiger partial charge on any atom is 0.242 e. The van der Waals surface area contributed by atoms with E-state index in [2.05, 4.69) is 15.3 Å². The molecule has 0 saturated heterocycles.